The number of nitrogens with one attached hydrogen (secondary N) is 1. The quantitative estimate of drug-likeness (QED) is 0.842. The van der Waals surface area contributed by atoms with Crippen LogP contribution in [0.2, 0.25) is 0 Å². The maximum Gasteiger partial charge on any atom is 0.417 e. The van der Waals surface area contributed by atoms with Gasteiger partial charge >= 0.3 is 6.09 Å². The Morgan fingerprint density at radius 1 is 1.12 bits per heavy atom. The fourth-order valence-corrected chi connectivity index (χ4v) is 1.67. The summed E-state index contributed by atoms with van der Waals surface area (Å²) in [5.41, 5.74) is 0. The molecule has 0 aliphatic rings. The van der Waals surface area contributed by atoms with Gasteiger partial charge in [0, 0.05) is 37.7 Å². The molecule has 0 atom stereocenters. The van der Waals surface area contributed by atoms with Crippen LogP contribution in [-0.2, 0) is 0 Å². The van der Waals surface area contributed by atoms with E-state index in [9.17, 15) is 4.79 Å². The number of thiophene rings is 1. The van der Waals surface area contributed by atoms with Crippen molar-refractivity contribution in [3.63, 3.8) is 0 Å². The molecule has 0 fully saturated rings. The maximum atomic E-state index is 11.4. The number of para-hydroxylation sites is 1. The minimum atomic E-state index is -0.469. The molecule has 16 heavy (non-hydrogen) atoms. The molecular formula is C11H9CaNO2S. The Bertz CT molecular complexity index is 431. The normalized spacial score (nSPS) is 9.00. The smallest absolute Gasteiger partial charge is 0.410 e. The molecule has 0 aliphatic heterocycles. The molecule has 2 aromatic rings. The molecule has 1 amide bonds. The van der Waals surface area contributed by atoms with Gasteiger partial charge in [0.05, 0.1) is 5.00 Å². The third-order valence-corrected chi connectivity index (χ3v) is 2.49. The van der Waals surface area contributed by atoms with Gasteiger partial charge in [0.25, 0.3) is 0 Å². The van der Waals surface area contributed by atoms with E-state index in [2.05, 4.69) is 5.32 Å². The fraction of sp³-hybridized carbons (Fsp3) is 0. The van der Waals surface area contributed by atoms with Crippen molar-refractivity contribution in [2.24, 2.45) is 0 Å². The molecule has 1 aromatic carbocycles. The van der Waals surface area contributed by atoms with Gasteiger partial charge in [0.1, 0.15) is 5.75 Å². The second-order valence-corrected chi connectivity index (χ2v) is 3.75. The molecule has 0 unspecified atom stereocenters. The zero-order valence-corrected chi connectivity index (χ0v) is 11.6. The van der Waals surface area contributed by atoms with Gasteiger partial charge in [0.15, 0.2) is 0 Å². The number of hydrogen-bond acceptors (Lipinski definition) is 3. The van der Waals surface area contributed by atoms with Crippen LogP contribution in [0.25, 0.3) is 0 Å². The van der Waals surface area contributed by atoms with Crippen molar-refractivity contribution in [2.45, 2.75) is 0 Å². The van der Waals surface area contributed by atoms with E-state index in [0.29, 0.717) is 5.75 Å². The monoisotopic (exact) mass is 259 g/mol. The molecule has 1 heterocycles. The van der Waals surface area contributed by atoms with Gasteiger partial charge in [0.2, 0.25) is 0 Å². The summed E-state index contributed by atoms with van der Waals surface area (Å²) < 4.78 is 5.04. The molecule has 0 spiro atoms. The van der Waals surface area contributed by atoms with Crippen molar-refractivity contribution in [3.8, 4) is 5.75 Å². The average Bonchev–Trinajstić information content (AvgIpc) is 2.71. The van der Waals surface area contributed by atoms with E-state index in [1.54, 1.807) is 12.1 Å². The van der Waals surface area contributed by atoms with Crippen molar-refractivity contribution in [2.75, 3.05) is 5.32 Å². The minimum absolute atomic E-state index is 0. The predicted molar refractivity (Wildman–Crippen MR) is 66.2 cm³/mol. The predicted octanol–water partition coefficient (Wildman–Crippen LogP) is 2.98. The van der Waals surface area contributed by atoms with Gasteiger partial charge in [-0.1, -0.05) is 18.2 Å². The van der Waals surface area contributed by atoms with Gasteiger partial charge in [-0.2, -0.15) is 0 Å². The van der Waals surface area contributed by atoms with E-state index in [0.717, 1.165) is 5.00 Å². The summed E-state index contributed by atoms with van der Waals surface area (Å²) in [4.78, 5) is 11.4. The summed E-state index contributed by atoms with van der Waals surface area (Å²) >= 11 is 1.45. The summed E-state index contributed by atoms with van der Waals surface area (Å²) in [6, 6.07) is 12.6. The summed E-state index contributed by atoms with van der Waals surface area (Å²) in [6.45, 7) is 0. The molecule has 78 valence electrons. The van der Waals surface area contributed by atoms with E-state index < -0.39 is 6.09 Å². The molecule has 3 nitrogen and oxygen atoms in total. The van der Waals surface area contributed by atoms with Crippen molar-refractivity contribution in [1.29, 1.82) is 0 Å². The average molecular weight is 259 g/mol. The third kappa shape index (κ3) is 4.14. The first-order valence-electron chi connectivity index (χ1n) is 4.42. The number of ether oxygens (including phenoxy) is 1. The van der Waals surface area contributed by atoms with Gasteiger partial charge < -0.3 is 4.74 Å². The second-order valence-electron chi connectivity index (χ2n) is 2.80. The van der Waals surface area contributed by atoms with Crippen LogP contribution in [0, 0.1) is 0 Å². The molecule has 2 radical (unpaired) electrons. The summed E-state index contributed by atoms with van der Waals surface area (Å²) in [6.07, 6.45) is -0.469. The Balaban J connectivity index is 0.00000128. The summed E-state index contributed by atoms with van der Waals surface area (Å²) in [7, 11) is 0. The van der Waals surface area contributed by atoms with E-state index in [-0.39, 0.29) is 37.7 Å². The first kappa shape index (κ1) is 13.5. The van der Waals surface area contributed by atoms with Crippen LogP contribution in [0.5, 0.6) is 5.75 Å². The molecule has 0 saturated heterocycles. The number of carbonyl (C=O) groups is 1. The Kier molecular flexibility index (Phi) is 5.84. The third-order valence-electron chi connectivity index (χ3n) is 1.70. The van der Waals surface area contributed by atoms with Crippen LogP contribution < -0.4 is 10.1 Å². The fourth-order valence-electron chi connectivity index (χ4n) is 1.07. The Labute approximate surface area is 127 Å². The molecule has 0 bridgehead atoms. The van der Waals surface area contributed by atoms with Crippen LogP contribution in [0.3, 0.4) is 0 Å². The van der Waals surface area contributed by atoms with E-state index >= 15 is 0 Å². The minimum Gasteiger partial charge on any atom is -0.410 e. The van der Waals surface area contributed by atoms with Gasteiger partial charge in [-0.25, -0.2) is 4.79 Å². The molecule has 1 aromatic heterocycles. The zero-order chi connectivity index (χ0) is 10.5. The first-order chi connectivity index (χ1) is 7.34. The molecule has 5 heteroatoms. The standard InChI is InChI=1S/C11H9NO2S.Ca/c13-11(12-10-7-4-8-15-10)14-9-5-2-1-3-6-9;/h1-8H,(H,12,13);. The van der Waals surface area contributed by atoms with Gasteiger partial charge in [-0.3, -0.25) is 5.32 Å². The molecule has 2 rings (SSSR count). The topological polar surface area (TPSA) is 38.3 Å². The molecular weight excluding hydrogens is 250 g/mol. The van der Waals surface area contributed by atoms with E-state index in [4.69, 9.17) is 4.74 Å². The Hall–Kier alpha value is -0.550. The largest absolute Gasteiger partial charge is 0.417 e. The SMILES string of the molecule is O=C(Nc1cccs1)Oc1ccccc1.[Ca]. The summed E-state index contributed by atoms with van der Waals surface area (Å²) in [5.74, 6) is 0.534. The van der Waals surface area contributed by atoms with Crippen molar-refractivity contribution in [1.82, 2.24) is 0 Å². The summed E-state index contributed by atoms with van der Waals surface area (Å²) in [5, 5.41) is 5.29. The van der Waals surface area contributed by atoms with Crippen molar-refractivity contribution < 1.29 is 9.53 Å². The number of anilines is 1. The molecule has 0 aliphatic carbocycles. The molecule has 1 N–H and O–H groups in total. The number of carbonyl (C=O) groups excluding carboxylic acids is 1. The van der Waals surface area contributed by atoms with E-state index in [1.165, 1.54) is 11.3 Å². The van der Waals surface area contributed by atoms with Crippen LogP contribution in [0.4, 0.5) is 9.80 Å². The zero-order valence-electron chi connectivity index (χ0n) is 8.55. The van der Waals surface area contributed by atoms with Crippen LogP contribution in [0.1, 0.15) is 0 Å². The van der Waals surface area contributed by atoms with E-state index in [1.807, 2.05) is 35.7 Å². The second kappa shape index (κ2) is 6.91. The number of benzene rings is 1. The van der Waals surface area contributed by atoms with Gasteiger partial charge in [-0.15, -0.1) is 11.3 Å². The van der Waals surface area contributed by atoms with Crippen LogP contribution >= 0.6 is 11.3 Å². The first-order valence-corrected chi connectivity index (χ1v) is 5.30. The number of hydrogen-bond donors (Lipinski definition) is 1. The number of amides is 1. The van der Waals surface area contributed by atoms with Crippen LogP contribution in [0.15, 0.2) is 47.8 Å². The van der Waals surface area contributed by atoms with Gasteiger partial charge in [-0.05, 0) is 29.6 Å². The molecule has 0 saturated carbocycles. The van der Waals surface area contributed by atoms with Crippen molar-refractivity contribution >= 4 is 60.2 Å². The van der Waals surface area contributed by atoms with Crippen molar-refractivity contribution in [3.05, 3.63) is 47.8 Å². The number of rotatable bonds is 2. The Morgan fingerprint density at radius 3 is 2.50 bits per heavy atom. The maximum absolute atomic E-state index is 11.4. The Morgan fingerprint density at radius 2 is 1.88 bits per heavy atom. The van der Waals surface area contributed by atoms with Crippen LogP contribution in [-0.4, -0.2) is 43.8 Å².